The van der Waals surface area contributed by atoms with E-state index in [0.717, 1.165) is 19.3 Å². The molecule has 0 aromatic carbocycles. The molecule has 3 rings (SSSR count). The molecule has 0 amide bonds. The molecule has 2 heterocycles. The van der Waals surface area contributed by atoms with Gasteiger partial charge in [-0.3, -0.25) is 0 Å². The fourth-order valence-corrected chi connectivity index (χ4v) is 4.77. The number of sulfonamides is 1. The number of nitrogens with zero attached hydrogens (tertiary/aromatic N) is 2. The van der Waals surface area contributed by atoms with E-state index in [0.29, 0.717) is 25.7 Å². The average Bonchev–Trinajstić information content (AvgIpc) is 2.73. The van der Waals surface area contributed by atoms with Crippen molar-refractivity contribution in [2.24, 2.45) is 5.92 Å². The van der Waals surface area contributed by atoms with Crippen LogP contribution in [0.4, 0.5) is 5.82 Å². The maximum absolute atomic E-state index is 13.1. The zero-order valence-electron chi connectivity index (χ0n) is 15.4. The third kappa shape index (κ3) is 4.66. The van der Waals surface area contributed by atoms with Crippen LogP contribution in [0.1, 0.15) is 29.6 Å². The summed E-state index contributed by atoms with van der Waals surface area (Å²) in [6, 6.07) is 1.34. The van der Waals surface area contributed by atoms with Gasteiger partial charge >= 0.3 is 5.97 Å². The van der Waals surface area contributed by atoms with Gasteiger partial charge in [-0.1, -0.05) is 12.2 Å². The van der Waals surface area contributed by atoms with Crippen LogP contribution in [0.2, 0.25) is 0 Å². The molecular weight excluding hydrogens is 370 g/mol. The minimum atomic E-state index is -3.80. The minimum absolute atomic E-state index is 0.00125. The first-order chi connectivity index (χ1) is 13.0. The smallest absolute Gasteiger partial charge is 0.339 e. The van der Waals surface area contributed by atoms with E-state index in [9.17, 15) is 13.2 Å². The molecule has 1 atom stereocenters. The standard InChI is InChI=1S/C18H25N3O5S/c1-25-18(22)15-11-16(27(23,24)21-7-9-26-10-8-21)17(20-13-15)19-12-14-5-3-2-4-6-14/h2-3,11,13-14H,4-10,12H2,1H3,(H,19,20). The lowest BCUT2D eigenvalue weighted by Crippen LogP contribution is -2.41. The van der Waals surface area contributed by atoms with Crippen LogP contribution < -0.4 is 5.32 Å². The number of nitrogens with one attached hydrogen (secondary N) is 1. The molecule has 0 radical (unpaired) electrons. The third-order valence-electron chi connectivity index (χ3n) is 4.80. The maximum atomic E-state index is 13.1. The molecule has 1 aliphatic carbocycles. The normalized spacial score (nSPS) is 21.0. The molecule has 1 aromatic rings. The molecule has 1 N–H and O–H groups in total. The summed E-state index contributed by atoms with van der Waals surface area (Å²) in [6.07, 6.45) is 8.69. The highest BCUT2D eigenvalue weighted by atomic mass is 32.2. The largest absolute Gasteiger partial charge is 0.465 e. The van der Waals surface area contributed by atoms with E-state index < -0.39 is 16.0 Å². The SMILES string of the molecule is COC(=O)c1cnc(NCC2CC=CCC2)c(S(=O)(=O)N2CCOCC2)c1. The Hall–Kier alpha value is -1.97. The predicted octanol–water partition coefficient (Wildman–Crippen LogP) is 1.66. The number of anilines is 1. The lowest BCUT2D eigenvalue weighted by Gasteiger charge is -2.27. The molecule has 1 aliphatic heterocycles. The van der Waals surface area contributed by atoms with Crippen molar-refractivity contribution in [2.45, 2.75) is 24.2 Å². The molecule has 27 heavy (non-hydrogen) atoms. The Kier molecular flexibility index (Phi) is 6.46. The van der Waals surface area contributed by atoms with Gasteiger partial charge in [0.25, 0.3) is 0 Å². The molecule has 2 aliphatic rings. The van der Waals surface area contributed by atoms with Crippen molar-refractivity contribution in [3.63, 3.8) is 0 Å². The lowest BCUT2D eigenvalue weighted by molar-refractivity contribution is 0.0600. The first-order valence-electron chi connectivity index (χ1n) is 9.07. The summed E-state index contributed by atoms with van der Waals surface area (Å²) in [6.45, 7) is 1.87. The van der Waals surface area contributed by atoms with Gasteiger partial charge in [0.05, 0.1) is 25.9 Å². The highest BCUT2D eigenvalue weighted by molar-refractivity contribution is 7.89. The molecule has 0 saturated carbocycles. The molecule has 148 valence electrons. The van der Waals surface area contributed by atoms with Gasteiger partial charge < -0.3 is 14.8 Å². The Balaban J connectivity index is 1.89. The van der Waals surface area contributed by atoms with Crippen molar-refractivity contribution in [1.29, 1.82) is 0 Å². The Morgan fingerprint density at radius 1 is 1.37 bits per heavy atom. The number of esters is 1. The van der Waals surface area contributed by atoms with Crippen molar-refractivity contribution in [3.8, 4) is 0 Å². The van der Waals surface area contributed by atoms with Crippen molar-refractivity contribution in [2.75, 3.05) is 45.3 Å². The summed E-state index contributed by atoms with van der Waals surface area (Å²) < 4.78 is 37.6. The van der Waals surface area contributed by atoms with Crippen molar-refractivity contribution in [1.82, 2.24) is 9.29 Å². The Morgan fingerprint density at radius 3 is 2.81 bits per heavy atom. The minimum Gasteiger partial charge on any atom is -0.465 e. The molecule has 9 heteroatoms. The van der Waals surface area contributed by atoms with Crippen LogP contribution in [-0.4, -0.2) is 63.6 Å². The zero-order chi connectivity index (χ0) is 19.3. The fraction of sp³-hybridized carbons (Fsp3) is 0.556. The molecule has 8 nitrogen and oxygen atoms in total. The number of carbonyl (C=O) groups excluding carboxylic acids is 1. The Morgan fingerprint density at radius 2 is 2.15 bits per heavy atom. The van der Waals surface area contributed by atoms with E-state index in [-0.39, 0.29) is 29.4 Å². The topological polar surface area (TPSA) is 97.8 Å². The second-order valence-electron chi connectivity index (χ2n) is 6.61. The third-order valence-corrected chi connectivity index (χ3v) is 6.71. The van der Waals surface area contributed by atoms with E-state index in [4.69, 9.17) is 9.47 Å². The van der Waals surface area contributed by atoms with Gasteiger partial charge in [0.1, 0.15) is 10.7 Å². The molecule has 0 bridgehead atoms. The van der Waals surface area contributed by atoms with Crippen molar-refractivity contribution < 1.29 is 22.7 Å². The summed E-state index contributed by atoms with van der Waals surface area (Å²) in [5, 5.41) is 3.18. The van der Waals surface area contributed by atoms with E-state index in [2.05, 4.69) is 22.5 Å². The first-order valence-corrected chi connectivity index (χ1v) is 10.5. The average molecular weight is 395 g/mol. The second-order valence-corrected chi connectivity index (χ2v) is 8.52. The number of hydrogen-bond donors (Lipinski definition) is 1. The van der Waals surface area contributed by atoms with E-state index >= 15 is 0 Å². The predicted molar refractivity (Wildman–Crippen MR) is 100 cm³/mol. The number of pyridine rings is 1. The van der Waals surface area contributed by atoms with Gasteiger partial charge in [0, 0.05) is 25.8 Å². The Labute approximate surface area is 159 Å². The van der Waals surface area contributed by atoms with E-state index in [1.807, 2.05) is 0 Å². The molecular formula is C18H25N3O5S. The highest BCUT2D eigenvalue weighted by Crippen LogP contribution is 2.26. The lowest BCUT2D eigenvalue weighted by atomic mass is 9.94. The van der Waals surface area contributed by atoms with Gasteiger partial charge in [0.2, 0.25) is 10.0 Å². The number of carbonyl (C=O) groups is 1. The molecule has 1 unspecified atom stereocenters. The number of rotatable bonds is 6. The summed E-state index contributed by atoms with van der Waals surface area (Å²) >= 11 is 0. The van der Waals surface area contributed by atoms with Gasteiger partial charge in [-0.05, 0) is 31.2 Å². The quantitative estimate of drug-likeness (QED) is 0.578. The maximum Gasteiger partial charge on any atom is 0.339 e. The number of ether oxygens (including phenoxy) is 2. The number of hydrogen-bond acceptors (Lipinski definition) is 7. The van der Waals surface area contributed by atoms with Gasteiger partial charge in [-0.2, -0.15) is 4.31 Å². The summed E-state index contributed by atoms with van der Waals surface area (Å²) in [5.41, 5.74) is 0.107. The zero-order valence-corrected chi connectivity index (χ0v) is 16.2. The van der Waals surface area contributed by atoms with E-state index in [1.54, 1.807) is 0 Å². The Bertz CT molecular complexity index is 803. The van der Waals surface area contributed by atoms with Gasteiger partial charge in [-0.15, -0.1) is 0 Å². The van der Waals surface area contributed by atoms with Crippen LogP contribution in [0, 0.1) is 5.92 Å². The van der Waals surface area contributed by atoms with Crippen LogP contribution in [0.15, 0.2) is 29.3 Å². The first kappa shape index (κ1) is 19.8. The van der Waals surface area contributed by atoms with Crippen molar-refractivity contribution >= 4 is 21.8 Å². The number of allylic oxidation sites excluding steroid dienone is 2. The van der Waals surface area contributed by atoms with Crippen molar-refractivity contribution in [3.05, 3.63) is 30.0 Å². The molecule has 1 aromatic heterocycles. The summed E-state index contributed by atoms with van der Waals surface area (Å²) in [4.78, 5) is 16.1. The van der Waals surface area contributed by atoms with Crippen LogP contribution in [0.5, 0.6) is 0 Å². The second kappa shape index (κ2) is 8.81. The van der Waals surface area contributed by atoms with Gasteiger partial charge in [0.15, 0.2) is 0 Å². The molecule has 1 fully saturated rings. The molecule has 1 saturated heterocycles. The van der Waals surface area contributed by atoms with Gasteiger partial charge in [-0.25, -0.2) is 18.2 Å². The van der Waals surface area contributed by atoms with Crippen LogP contribution in [0.25, 0.3) is 0 Å². The summed E-state index contributed by atoms with van der Waals surface area (Å²) in [7, 11) is -2.55. The van der Waals surface area contributed by atoms with E-state index in [1.165, 1.54) is 23.7 Å². The van der Waals surface area contributed by atoms with Crippen LogP contribution >= 0.6 is 0 Å². The number of methoxy groups -OCH3 is 1. The number of morpholine rings is 1. The highest BCUT2D eigenvalue weighted by Gasteiger charge is 2.30. The fourth-order valence-electron chi connectivity index (χ4n) is 3.21. The summed E-state index contributed by atoms with van der Waals surface area (Å²) in [5.74, 6) is 0.0737. The number of aromatic nitrogens is 1. The molecule has 0 spiro atoms. The van der Waals surface area contributed by atoms with Crippen LogP contribution in [-0.2, 0) is 19.5 Å². The van der Waals surface area contributed by atoms with Crippen LogP contribution in [0.3, 0.4) is 0 Å². The monoisotopic (exact) mass is 395 g/mol.